The van der Waals surface area contributed by atoms with Crippen LogP contribution in [0.4, 0.5) is 4.79 Å². The van der Waals surface area contributed by atoms with Gasteiger partial charge in [0.2, 0.25) is 5.91 Å². The van der Waals surface area contributed by atoms with Crippen LogP contribution in [-0.4, -0.2) is 67.9 Å². The van der Waals surface area contributed by atoms with Crippen LogP contribution in [0.2, 0.25) is 0 Å². The zero-order valence-electron chi connectivity index (χ0n) is 10.6. The number of carbonyl (C=O) groups is 2. The lowest BCUT2D eigenvalue weighted by Gasteiger charge is -2.23. The van der Waals surface area contributed by atoms with Crippen molar-refractivity contribution in [3.63, 3.8) is 0 Å². The Bertz CT molecular complexity index is 279. The predicted molar refractivity (Wildman–Crippen MR) is 65.1 cm³/mol. The lowest BCUT2D eigenvalue weighted by atomic mass is 10.2. The number of rotatable bonds is 6. The van der Waals surface area contributed by atoms with Gasteiger partial charge in [0.05, 0.1) is 20.3 Å². The number of methoxy groups -OCH3 is 1. The molecule has 0 saturated carbocycles. The van der Waals surface area contributed by atoms with E-state index in [0.29, 0.717) is 19.1 Å². The van der Waals surface area contributed by atoms with Crippen molar-refractivity contribution in [3.8, 4) is 0 Å². The van der Waals surface area contributed by atoms with E-state index in [1.54, 1.807) is 0 Å². The molecule has 0 aliphatic carbocycles. The molecule has 1 rings (SSSR count). The second-order valence-electron chi connectivity index (χ2n) is 4.29. The van der Waals surface area contributed by atoms with E-state index in [-0.39, 0.29) is 13.2 Å². The van der Waals surface area contributed by atoms with Gasteiger partial charge in [0.15, 0.2) is 0 Å². The minimum atomic E-state index is -0.761. The second kappa shape index (κ2) is 8.02. The highest BCUT2D eigenvalue weighted by Crippen LogP contribution is 2.06. The van der Waals surface area contributed by atoms with Crippen molar-refractivity contribution in [1.29, 1.82) is 0 Å². The van der Waals surface area contributed by atoms with Crippen LogP contribution in [0.15, 0.2) is 0 Å². The number of carbonyl (C=O) groups excluding carboxylic acids is 2. The van der Waals surface area contributed by atoms with Gasteiger partial charge in [0.1, 0.15) is 0 Å². The van der Waals surface area contributed by atoms with Gasteiger partial charge in [-0.1, -0.05) is 0 Å². The number of alkyl carbamates (subject to hydrolysis) is 1. The van der Waals surface area contributed by atoms with Crippen LogP contribution in [0.1, 0.15) is 12.8 Å². The third-order valence-electron chi connectivity index (χ3n) is 2.85. The van der Waals surface area contributed by atoms with E-state index in [1.165, 1.54) is 7.11 Å². The normalized spacial score (nSPS) is 18.9. The maximum atomic E-state index is 11.5. The first-order valence-corrected chi connectivity index (χ1v) is 6.10. The molecule has 7 heteroatoms. The predicted octanol–water partition coefficient (Wildman–Crippen LogP) is -1.08. The lowest BCUT2D eigenvalue weighted by Crippen LogP contribution is -2.45. The van der Waals surface area contributed by atoms with Gasteiger partial charge in [-0.05, 0) is 19.4 Å². The highest BCUT2D eigenvalue weighted by atomic mass is 16.5. The van der Waals surface area contributed by atoms with Gasteiger partial charge in [-0.15, -0.1) is 0 Å². The lowest BCUT2D eigenvalue weighted by molar-refractivity contribution is -0.121. The van der Waals surface area contributed by atoms with E-state index < -0.39 is 12.0 Å². The van der Waals surface area contributed by atoms with Gasteiger partial charge >= 0.3 is 6.09 Å². The molecule has 0 aromatic heterocycles. The molecule has 1 aliphatic heterocycles. The van der Waals surface area contributed by atoms with E-state index in [4.69, 9.17) is 5.11 Å². The van der Waals surface area contributed by atoms with E-state index >= 15 is 0 Å². The summed E-state index contributed by atoms with van der Waals surface area (Å²) < 4.78 is 4.34. The first-order chi connectivity index (χ1) is 8.65. The zero-order chi connectivity index (χ0) is 13.4. The Morgan fingerprint density at radius 3 is 2.89 bits per heavy atom. The summed E-state index contributed by atoms with van der Waals surface area (Å²) in [4.78, 5) is 24.2. The molecule has 0 aromatic rings. The maximum Gasteiger partial charge on any atom is 0.413 e. The maximum absolute atomic E-state index is 11.5. The second-order valence-corrected chi connectivity index (χ2v) is 4.29. The summed E-state index contributed by atoms with van der Waals surface area (Å²) in [6.07, 6.45) is 1.44. The molecule has 0 spiro atoms. The molecule has 1 atom stereocenters. The Labute approximate surface area is 106 Å². The molecule has 0 radical (unpaired) electrons. The molecular weight excluding hydrogens is 238 g/mol. The highest BCUT2D eigenvalue weighted by Gasteiger charge is 2.20. The SMILES string of the molecule is COC(=O)NC(=O)CN(CCO)CC1CCCN1. The first kappa shape index (κ1) is 14.9. The number of aliphatic hydroxyl groups is 1. The molecule has 104 valence electrons. The van der Waals surface area contributed by atoms with Crippen molar-refractivity contribution in [2.24, 2.45) is 0 Å². The van der Waals surface area contributed by atoms with Crippen LogP contribution in [0, 0.1) is 0 Å². The van der Waals surface area contributed by atoms with Crippen molar-refractivity contribution in [2.75, 3.05) is 39.9 Å². The zero-order valence-corrected chi connectivity index (χ0v) is 10.6. The fourth-order valence-corrected chi connectivity index (χ4v) is 2.01. The molecule has 3 N–H and O–H groups in total. The molecule has 1 fully saturated rings. The molecule has 1 heterocycles. The summed E-state index contributed by atoms with van der Waals surface area (Å²) in [6, 6.07) is 0.350. The molecule has 0 aromatic carbocycles. The van der Waals surface area contributed by atoms with Crippen molar-refractivity contribution in [3.05, 3.63) is 0 Å². The van der Waals surface area contributed by atoms with Crippen LogP contribution in [0.3, 0.4) is 0 Å². The Kier molecular flexibility index (Phi) is 6.63. The Morgan fingerprint density at radius 2 is 2.33 bits per heavy atom. The van der Waals surface area contributed by atoms with Crippen LogP contribution in [0.5, 0.6) is 0 Å². The van der Waals surface area contributed by atoms with Gasteiger partial charge in [0.25, 0.3) is 0 Å². The number of amides is 2. The summed E-state index contributed by atoms with van der Waals surface area (Å²) in [5.41, 5.74) is 0. The van der Waals surface area contributed by atoms with Crippen LogP contribution < -0.4 is 10.6 Å². The molecule has 7 nitrogen and oxygen atoms in total. The summed E-state index contributed by atoms with van der Waals surface area (Å²) in [5.74, 6) is -0.423. The summed E-state index contributed by atoms with van der Waals surface area (Å²) in [7, 11) is 1.20. The minimum Gasteiger partial charge on any atom is -0.453 e. The standard InChI is InChI=1S/C11H21N3O4/c1-18-11(17)13-10(16)8-14(5-6-15)7-9-3-2-4-12-9/h9,12,15H,2-8H2,1H3,(H,13,16,17). The molecule has 1 aliphatic rings. The number of imide groups is 1. The summed E-state index contributed by atoms with van der Waals surface area (Å²) in [5, 5.41) is 14.4. The van der Waals surface area contributed by atoms with E-state index in [0.717, 1.165) is 19.4 Å². The monoisotopic (exact) mass is 259 g/mol. The van der Waals surface area contributed by atoms with E-state index in [2.05, 4.69) is 15.4 Å². The average Bonchev–Trinajstić information content (AvgIpc) is 2.81. The van der Waals surface area contributed by atoms with Gasteiger partial charge in [-0.3, -0.25) is 15.0 Å². The average molecular weight is 259 g/mol. The van der Waals surface area contributed by atoms with Crippen molar-refractivity contribution >= 4 is 12.0 Å². The number of aliphatic hydroxyl groups excluding tert-OH is 1. The largest absolute Gasteiger partial charge is 0.453 e. The van der Waals surface area contributed by atoms with Crippen molar-refractivity contribution in [1.82, 2.24) is 15.5 Å². The number of nitrogens with zero attached hydrogens (tertiary/aromatic N) is 1. The quantitative estimate of drug-likeness (QED) is 0.562. The molecule has 2 amide bonds. The third-order valence-corrected chi connectivity index (χ3v) is 2.85. The Balaban J connectivity index is 2.35. The van der Waals surface area contributed by atoms with E-state index in [9.17, 15) is 9.59 Å². The number of nitrogens with one attached hydrogen (secondary N) is 2. The minimum absolute atomic E-state index is 0.0157. The van der Waals surface area contributed by atoms with Gasteiger partial charge in [0, 0.05) is 19.1 Å². The number of hydrogen-bond donors (Lipinski definition) is 3. The van der Waals surface area contributed by atoms with Gasteiger partial charge in [-0.25, -0.2) is 4.79 Å². The summed E-state index contributed by atoms with van der Waals surface area (Å²) >= 11 is 0. The topological polar surface area (TPSA) is 90.9 Å². The Morgan fingerprint density at radius 1 is 1.56 bits per heavy atom. The van der Waals surface area contributed by atoms with E-state index in [1.807, 2.05) is 4.90 Å². The van der Waals surface area contributed by atoms with Crippen molar-refractivity contribution < 1.29 is 19.4 Å². The molecule has 1 saturated heterocycles. The third kappa shape index (κ3) is 5.44. The van der Waals surface area contributed by atoms with Crippen LogP contribution in [0.25, 0.3) is 0 Å². The fourth-order valence-electron chi connectivity index (χ4n) is 2.01. The Hall–Kier alpha value is -1.18. The first-order valence-electron chi connectivity index (χ1n) is 6.10. The number of hydrogen-bond acceptors (Lipinski definition) is 6. The molecular formula is C11H21N3O4. The van der Waals surface area contributed by atoms with Gasteiger partial charge < -0.3 is 15.2 Å². The van der Waals surface area contributed by atoms with Crippen molar-refractivity contribution in [2.45, 2.75) is 18.9 Å². The van der Waals surface area contributed by atoms with Crippen LogP contribution in [-0.2, 0) is 9.53 Å². The smallest absolute Gasteiger partial charge is 0.413 e. The molecule has 0 bridgehead atoms. The van der Waals surface area contributed by atoms with Crippen LogP contribution >= 0.6 is 0 Å². The summed E-state index contributed by atoms with van der Waals surface area (Å²) in [6.45, 7) is 2.15. The molecule has 18 heavy (non-hydrogen) atoms. The van der Waals surface area contributed by atoms with Gasteiger partial charge in [-0.2, -0.15) is 0 Å². The highest BCUT2D eigenvalue weighted by molar-refractivity contribution is 5.92. The fraction of sp³-hybridized carbons (Fsp3) is 0.818. The molecule has 1 unspecified atom stereocenters. The number of ether oxygens (including phenoxy) is 1.